The van der Waals surface area contributed by atoms with Gasteiger partial charge in [-0.3, -0.25) is 14.4 Å². The van der Waals surface area contributed by atoms with Gasteiger partial charge >= 0.3 is 5.97 Å². The number of carboxylic acid groups (broad SMARTS) is 1. The summed E-state index contributed by atoms with van der Waals surface area (Å²) >= 11 is 0. The third kappa shape index (κ3) is 16.1. The minimum absolute atomic E-state index is 0.00752. The molecule has 188 valence electrons. The fourth-order valence-corrected chi connectivity index (χ4v) is 4.18. The smallest absolute Gasteiger partial charge is 0.303 e. The first-order chi connectivity index (χ1) is 15.5. The molecule has 0 aliphatic rings. The van der Waals surface area contributed by atoms with Crippen LogP contribution in [-0.2, 0) is 14.4 Å². The van der Waals surface area contributed by atoms with Gasteiger partial charge in [0.15, 0.2) is 0 Å². The van der Waals surface area contributed by atoms with Crippen molar-refractivity contribution in [1.29, 1.82) is 0 Å². The number of carbonyl (C=O) groups excluding carboxylic acids is 2. The molecule has 0 fully saturated rings. The Bertz CT molecular complexity index is 496. The fraction of sp³-hybridized carbons (Fsp3) is 0.885. The highest BCUT2D eigenvalue weighted by molar-refractivity contribution is 5.87. The molecular weight excluding hydrogens is 404 g/mol. The molecule has 2 atom stereocenters. The van der Waals surface area contributed by atoms with E-state index in [0.717, 1.165) is 25.7 Å². The quantitative estimate of drug-likeness (QED) is 0.179. The fourth-order valence-electron chi connectivity index (χ4n) is 4.18. The summed E-state index contributed by atoms with van der Waals surface area (Å²) < 4.78 is 0. The number of amides is 2. The van der Waals surface area contributed by atoms with Crippen molar-refractivity contribution >= 4 is 17.8 Å². The molecule has 0 aliphatic carbocycles. The van der Waals surface area contributed by atoms with Gasteiger partial charge in [-0.1, -0.05) is 85.0 Å². The van der Waals surface area contributed by atoms with Gasteiger partial charge in [-0.05, 0) is 32.1 Å². The van der Waals surface area contributed by atoms with Crippen LogP contribution in [0.15, 0.2) is 0 Å². The maximum absolute atomic E-state index is 12.7. The molecule has 0 heterocycles. The summed E-state index contributed by atoms with van der Waals surface area (Å²) in [6, 6.07) is 0. The highest BCUT2D eigenvalue weighted by Crippen LogP contribution is 2.20. The second-order valence-electron chi connectivity index (χ2n) is 9.00. The molecule has 2 amide bonds. The molecule has 6 heteroatoms. The number of nitrogens with one attached hydrogen (secondary N) is 2. The van der Waals surface area contributed by atoms with Gasteiger partial charge in [0.2, 0.25) is 11.8 Å². The van der Waals surface area contributed by atoms with Gasteiger partial charge in [0.25, 0.3) is 0 Å². The van der Waals surface area contributed by atoms with E-state index in [9.17, 15) is 14.4 Å². The molecule has 0 saturated heterocycles. The van der Waals surface area contributed by atoms with E-state index < -0.39 is 5.97 Å². The molecule has 0 rings (SSSR count). The van der Waals surface area contributed by atoms with E-state index in [-0.39, 0.29) is 30.1 Å². The molecule has 0 radical (unpaired) electrons. The highest BCUT2D eigenvalue weighted by atomic mass is 16.4. The van der Waals surface area contributed by atoms with Crippen LogP contribution in [0.4, 0.5) is 0 Å². The van der Waals surface area contributed by atoms with Gasteiger partial charge in [-0.15, -0.1) is 0 Å². The summed E-state index contributed by atoms with van der Waals surface area (Å²) in [6.07, 6.45) is 16.3. The number of unbranched alkanes of at least 4 members (excludes halogenated alkanes) is 11. The van der Waals surface area contributed by atoms with Crippen molar-refractivity contribution in [3.8, 4) is 0 Å². The highest BCUT2D eigenvalue weighted by Gasteiger charge is 2.30. The molecule has 0 bridgehead atoms. The number of hydrogen-bond acceptors (Lipinski definition) is 3. The molecule has 0 saturated carbocycles. The Kier molecular flexibility index (Phi) is 20.2. The predicted octanol–water partition coefficient (Wildman–Crippen LogP) is 5.84. The van der Waals surface area contributed by atoms with Crippen LogP contribution in [0.3, 0.4) is 0 Å². The summed E-state index contributed by atoms with van der Waals surface area (Å²) in [6.45, 7) is 7.38. The van der Waals surface area contributed by atoms with Crippen molar-refractivity contribution in [1.82, 2.24) is 10.6 Å². The zero-order chi connectivity index (χ0) is 24.0. The van der Waals surface area contributed by atoms with E-state index in [1.54, 1.807) is 0 Å². The van der Waals surface area contributed by atoms with Gasteiger partial charge in [0.05, 0.1) is 0 Å². The van der Waals surface area contributed by atoms with Crippen molar-refractivity contribution in [3.63, 3.8) is 0 Å². The standard InChI is InChI=1S/C26H50N2O4/c1-4-7-8-9-10-11-12-13-14-17-20-27-25(31)22(5-2)23(6-3)26(32)28-21-18-15-16-19-24(29)30/h22-23H,4-21H2,1-3H3,(H,27,31)(H,28,32)(H,29,30). The summed E-state index contributed by atoms with van der Waals surface area (Å²) in [4.78, 5) is 35.8. The molecule has 0 spiro atoms. The van der Waals surface area contributed by atoms with E-state index in [0.29, 0.717) is 32.4 Å². The van der Waals surface area contributed by atoms with Crippen LogP contribution in [-0.4, -0.2) is 36.0 Å². The Hall–Kier alpha value is -1.59. The lowest BCUT2D eigenvalue weighted by atomic mass is 9.86. The second kappa shape index (κ2) is 21.3. The van der Waals surface area contributed by atoms with Crippen LogP contribution in [0.1, 0.15) is 124 Å². The third-order valence-electron chi connectivity index (χ3n) is 6.24. The number of carbonyl (C=O) groups is 3. The van der Waals surface area contributed by atoms with E-state index in [1.165, 1.54) is 51.4 Å². The number of rotatable bonds is 22. The SMILES string of the molecule is CCCCCCCCCCCCNC(=O)C(CC)C(CC)C(=O)NCCCCCC(=O)O. The molecular formula is C26H50N2O4. The average molecular weight is 455 g/mol. The zero-order valence-electron chi connectivity index (χ0n) is 21.1. The van der Waals surface area contributed by atoms with Gasteiger partial charge < -0.3 is 15.7 Å². The monoisotopic (exact) mass is 454 g/mol. The Morgan fingerprint density at radius 3 is 1.34 bits per heavy atom. The Morgan fingerprint density at radius 2 is 0.969 bits per heavy atom. The first-order valence-electron chi connectivity index (χ1n) is 13.2. The van der Waals surface area contributed by atoms with Crippen LogP contribution >= 0.6 is 0 Å². The van der Waals surface area contributed by atoms with E-state index in [2.05, 4.69) is 17.6 Å². The van der Waals surface area contributed by atoms with Crippen molar-refractivity contribution in [2.45, 2.75) is 124 Å². The van der Waals surface area contributed by atoms with Gasteiger partial charge in [-0.25, -0.2) is 0 Å². The molecule has 3 N–H and O–H groups in total. The van der Waals surface area contributed by atoms with Crippen LogP contribution in [0.5, 0.6) is 0 Å². The largest absolute Gasteiger partial charge is 0.481 e. The first kappa shape index (κ1) is 30.4. The zero-order valence-corrected chi connectivity index (χ0v) is 21.1. The van der Waals surface area contributed by atoms with Crippen molar-refractivity contribution in [3.05, 3.63) is 0 Å². The van der Waals surface area contributed by atoms with Crippen molar-refractivity contribution < 1.29 is 19.5 Å². The molecule has 2 unspecified atom stereocenters. The topological polar surface area (TPSA) is 95.5 Å². The normalized spacial score (nSPS) is 12.8. The average Bonchev–Trinajstić information content (AvgIpc) is 2.77. The van der Waals surface area contributed by atoms with Crippen molar-refractivity contribution in [2.75, 3.05) is 13.1 Å². The summed E-state index contributed by atoms with van der Waals surface area (Å²) in [5, 5.41) is 14.6. The van der Waals surface area contributed by atoms with E-state index in [1.807, 2.05) is 13.8 Å². The Balaban J connectivity index is 4.02. The predicted molar refractivity (Wildman–Crippen MR) is 132 cm³/mol. The molecule has 6 nitrogen and oxygen atoms in total. The summed E-state index contributed by atoms with van der Waals surface area (Å²) in [5.74, 6) is -1.46. The second-order valence-corrected chi connectivity index (χ2v) is 9.00. The lowest BCUT2D eigenvalue weighted by molar-refractivity contribution is -0.137. The van der Waals surface area contributed by atoms with Gasteiger partial charge in [0, 0.05) is 31.3 Å². The summed E-state index contributed by atoms with van der Waals surface area (Å²) in [7, 11) is 0. The molecule has 0 aliphatic heterocycles. The van der Waals surface area contributed by atoms with Crippen molar-refractivity contribution in [2.24, 2.45) is 11.8 Å². The maximum atomic E-state index is 12.7. The third-order valence-corrected chi connectivity index (χ3v) is 6.24. The lowest BCUT2D eigenvalue weighted by Gasteiger charge is -2.24. The number of carboxylic acids is 1. The van der Waals surface area contributed by atoms with Crippen LogP contribution in [0.2, 0.25) is 0 Å². The minimum atomic E-state index is -0.783. The number of aliphatic carboxylic acids is 1. The molecule has 0 aromatic heterocycles. The molecule has 0 aromatic carbocycles. The maximum Gasteiger partial charge on any atom is 0.303 e. The minimum Gasteiger partial charge on any atom is -0.481 e. The van der Waals surface area contributed by atoms with Crippen LogP contribution in [0.25, 0.3) is 0 Å². The van der Waals surface area contributed by atoms with E-state index in [4.69, 9.17) is 5.11 Å². The summed E-state index contributed by atoms with van der Waals surface area (Å²) in [5.41, 5.74) is 0. The molecule has 32 heavy (non-hydrogen) atoms. The Morgan fingerprint density at radius 1 is 0.594 bits per heavy atom. The molecule has 0 aromatic rings. The number of hydrogen-bond donors (Lipinski definition) is 3. The van der Waals surface area contributed by atoms with Gasteiger partial charge in [0.1, 0.15) is 0 Å². The lowest BCUT2D eigenvalue weighted by Crippen LogP contribution is -2.42. The first-order valence-corrected chi connectivity index (χ1v) is 13.2. The van der Waals surface area contributed by atoms with Gasteiger partial charge in [-0.2, -0.15) is 0 Å². The van der Waals surface area contributed by atoms with Crippen LogP contribution < -0.4 is 10.6 Å². The van der Waals surface area contributed by atoms with Crippen LogP contribution in [0, 0.1) is 11.8 Å². The Labute approximate surface area is 196 Å². The van der Waals surface area contributed by atoms with E-state index >= 15 is 0 Å².